The lowest BCUT2D eigenvalue weighted by Gasteiger charge is -2.11. The summed E-state index contributed by atoms with van der Waals surface area (Å²) in [6, 6.07) is 5.81. The third-order valence-corrected chi connectivity index (χ3v) is 3.79. The van der Waals surface area contributed by atoms with Gasteiger partial charge in [-0.05, 0) is 38.5 Å². The molecule has 5 heteroatoms. The minimum absolute atomic E-state index is 0.0630. The van der Waals surface area contributed by atoms with Crippen LogP contribution in [0.4, 0.5) is 5.69 Å². The van der Waals surface area contributed by atoms with E-state index in [9.17, 15) is 4.79 Å². The van der Waals surface area contributed by atoms with Gasteiger partial charge in [0.25, 0.3) is 5.91 Å². The molecule has 0 radical (unpaired) electrons. The number of anilines is 1. The minimum Gasteiger partial charge on any atom is -0.385 e. The highest BCUT2D eigenvalue weighted by Crippen LogP contribution is 2.18. The fourth-order valence-electron chi connectivity index (χ4n) is 1.94. The van der Waals surface area contributed by atoms with Crippen LogP contribution in [0.3, 0.4) is 0 Å². The van der Waals surface area contributed by atoms with E-state index in [1.165, 1.54) is 0 Å². The molecular weight excluding hydrogens is 270 g/mol. The lowest BCUT2D eigenvalue weighted by molar-refractivity contribution is 0.0952. The maximum absolute atomic E-state index is 12.3. The summed E-state index contributed by atoms with van der Waals surface area (Å²) in [5.41, 5.74) is 2.69. The molecule has 0 aliphatic rings. The molecule has 2 aromatic rings. The van der Waals surface area contributed by atoms with Gasteiger partial charge in [-0.25, -0.2) is 4.98 Å². The molecule has 4 nitrogen and oxygen atoms in total. The quantitative estimate of drug-likeness (QED) is 0.889. The Bertz CT molecular complexity index is 607. The Labute approximate surface area is 123 Å². The maximum Gasteiger partial charge on any atom is 0.253 e. The number of carbonyl (C=O) groups excluding carboxylic acids is 1. The molecule has 1 amide bonds. The Morgan fingerprint density at radius 3 is 2.80 bits per heavy atom. The van der Waals surface area contributed by atoms with Gasteiger partial charge in [-0.2, -0.15) is 0 Å². The highest BCUT2D eigenvalue weighted by molar-refractivity contribution is 7.11. The molecule has 20 heavy (non-hydrogen) atoms. The van der Waals surface area contributed by atoms with Crippen molar-refractivity contribution in [3.05, 3.63) is 45.4 Å². The lowest BCUT2D eigenvalue weighted by Crippen LogP contribution is -2.23. The van der Waals surface area contributed by atoms with E-state index in [-0.39, 0.29) is 5.91 Å². The van der Waals surface area contributed by atoms with Crippen molar-refractivity contribution in [1.29, 1.82) is 0 Å². The monoisotopic (exact) mass is 289 g/mol. The smallest absolute Gasteiger partial charge is 0.253 e. The Morgan fingerprint density at radius 2 is 2.15 bits per heavy atom. The van der Waals surface area contributed by atoms with Crippen molar-refractivity contribution in [2.75, 3.05) is 11.9 Å². The SMILES string of the molecule is CCNc1cc(C)ccc1C(=O)NCc1cnc(C)s1. The Balaban J connectivity index is 2.08. The fourth-order valence-corrected chi connectivity index (χ4v) is 2.68. The van der Waals surface area contributed by atoms with Crippen LogP contribution in [0.15, 0.2) is 24.4 Å². The molecule has 0 aliphatic carbocycles. The second kappa shape index (κ2) is 6.52. The molecule has 106 valence electrons. The highest BCUT2D eigenvalue weighted by atomic mass is 32.1. The number of benzene rings is 1. The van der Waals surface area contributed by atoms with Gasteiger partial charge >= 0.3 is 0 Å². The number of carbonyl (C=O) groups is 1. The standard InChI is InChI=1S/C15H19N3OS/c1-4-16-14-7-10(2)5-6-13(14)15(19)18-9-12-8-17-11(3)20-12/h5-8,16H,4,9H2,1-3H3,(H,18,19). The Hall–Kier alpha value is -1.88. The van der Waals surface area contributed by atoms with Crippen molar-refractivity contribution >= 4 is 22.9 Å². The fraction of sp³-hybridized carbons (Fsp3) is 0.333. The van der Waals surface area contributed by atoms with Crippen LogP contribution in [0.2, 0.25) is 0 Å². The van der Waals surface area contributed by atoms with Gasteiger partial charge in [0, 0.05) is 23.3 Å². The number of amides is 1. The zero-order chi connectivity index (χ0) is 14.5. The van der Waals surface area contributed by atoms with E-state index in [1.54, 1.807) is 17.5 Å². The van der Waals surface area contributed by atoms with Gasteiger partial charge in [-0.15, -0.1) is 11.3 Å². The minimum atomic E-state index is -0.0630. The van der Waals surface area contributed by atoms with Gasteiger partial charge in [-0.1, -0.05) is 6.07 Å². The lowest BCUT2D eigenvalue weighted by atomic mass is 10.1. The van der Waals surface area contributed by atoms with Gasteiger partial charge in [0.1, 0.15) is 0 Å². The van der Waals surface area contributed by atoms with Crippen LogP contribution in [0.25, 0.3) is 0 Å². The van der Waals surface area contributed by atoms with Crippen molar-refractivity contribution in [1.82, 2.24) is 10.3 Å². The first kappa shape index (κ1) is 14.5. The zero-order valence-electron chi connectivity index (χ0n) is 12.0. The number of hydrogen-bond donors (Lipinski definition) is 2. The normalized spacial score (nSPS) is 10.3. The predicted molar refractivity (Wildman–Crippen MR) is 83.4 cm³/mol. The Morgan fingerprint density at radius 1 is 1.35 bits per heavy atom. The van der Waals surface area contributed by atoms with Gasteiger partial charge < -0.3 is 10.6 Å². The molecule has 0 spiro atoms. The van der Waals surface area contributed by atoms with Crippen molar-refractivity contribution in [3.8, 4) is 0 Å². The summed E-state index contributed by atoms with van der Waals surface area (Å²) in [6.07, 6.45) is 1.81. The molecule has 0 atom stereocenters. The van der Waals surface area contributed by atoms with Crippen molar-refractivity contribution in [3.63, 3.8) is 0 Å². The Kier molecular flexibility index (Phi) is 4.74. The predicted octanol–water partition coefficient (Wildman–Crippen LogP) is 3.12. The number of rotatable bonds is 5. The summed E-state index contributed by atoms with van der Waals surface area (Å²) >= 11 is 1.60. The molecule has 1 aromatic carbocycles. The molecule has 1 aromatic heterocycles. The molecule has 0 fully saturated rings. The van der Waals surface area contributed by atoms with E-state index in [2.05, 4.69) is 15.6 Å². The van der Waals surface area contributed by atoms with Crippen LogP contribution in [0.1, 0.15) is 32.7 Å². The zero-order valence-corrected chi connectivity index (χ0v) is 12.8. The van der Waals surface area contributed by atoms with E-state index < -0.39 is 0 Å². The van der Waals surface area contributed by atoms with E-state index in [4.69, 9.17) is 0 Å². The summed E-state index contributed by atoms with van der Waals surface area (Å²) in [5.74, 6) is -0.0630. The largest absolute Gasteiger partial charge is 0.385 e. The number of hydrogen-bond acceptors (Lipinski definition) is 4. The summed E-state index contributed by atoms with van der Waals surface area (Å²) in [5, 5.41) is 7.18. The number of nitrogens with one attached hydrogen (secondary N) is 2. The second-order valence-electron chi connectivity index (χ2n) is 4.61. The van der Waals surface area contributed by atoms with E-state index >= 15 is 0 Å². The topological polar surface area (TPSA) is 54.0 Å². The molecular formula is C15H19N3OS. The summed E-state index contributed by atoms with van der Waals surface area (Å²) in [4.78, 5) is 17.5. The van der Waals surface area contributed by atoms with Gasteiger partial charge in [0.15, 0.2) is 0 Å². The number of thiazole rings is 1. The van der Waals surface area contributed by atoms with Crippen molar-refractivity contribution < 1.29 is 4.79 Å². The second-order valence-corrected chi connectivity index (χ2v) is 5.93. The van der Waals surface area contributed by atoms with E-state index in [0.29, 0.717) is 12.1 Å². The molecule has 0 unspecified atom stereocenters. The van der Waals surface area contributed by atoms with Crippen molar-refractivity contribution in [2.24, 2.45) is 0 Å². The number of nitrogens with zero attached hydrogens (tertiary/aromatic N) is 1. The average Bonchev–Trinajstić information content (AvgIpc) is 2.82. The summed E-state index contributed by atoms with van der Waals surface area (Å²) < 4.78 is 0. The van der Waals surface area contributed by atoms with Crippen LogP contribution in [-0.2, 0) is 6.54 Å². The third kappa shape index (κ3) is 3.57. The van der Waals surface area contributed by atoms with Gasteiger partial charge in [0.2, 0.25) is 0 Å². The molecule has 0 saturated carbocycles. The van der Waals surface area contributed by atoms with Crippen LogP contribution >= 0.6 is 11.3 Å². The van der Waals surface area contributed by atoms with Crippen LogP contribution in [0.5, 0.6) is 0 Å². The first-order valence-electron chi connectivity index (χ1n) is 6.64. The summed E-state index contributed by atoms with van der Waals surface area (Å²) in [7, 11) is 0. The molecule has 0 saturated heterocycles. The van der Waals surface area contributed by atoms with E-state index in [1.807, 2.05) is 39.0 Å². The molecule has 2 rings (SSSR count). The first-order valence-corrected chi connectivity index (χ1v) is 7.46. The number of aromatic nitrogens is 1. The van der Waals surface area contributed by atoms with Crippen molar-refractivity contribution in [2.45, 2.75) is 27.3 Å². The van der Waals surface area contributed by atoms with Crippen LogP contribution in [-0.4, -0.2) is 17.4 Å². The summed E-state index contributed by atoms with van der Waals surface area (Å²) in [6.45, 7) is 7.30. The first-order chi connectivity index (χ1) is 9.60. The third-order valence-electron chi connectivity index (χ3n) is 2.88. The average molecular weight is 289 g/mol. The molecule has 0 bridgehead atoms. The number of aryl methyl sites for hydroxylation is 2. The highest BCUT2D eigenvalue weighted by Gasteiger charge is 2.11. The van der Waals surface area contributed by atoms with Crippen LogP contribution < -0.4 is 10.6 Å². The van der Waals surface area contributed by atoms with Crippen LogP contribution in [0, 0.1) is 13.8 Å². The maximum atomic E-state index is 12.3. The van der Waals surface area contributed by atoms with E-state index in [0.717, 1.165) is 27.7 Å². The molecule has 1 heterocycles. The van der Waals surface area contributed by atoms with Gasteiger partial charge in [-0.3, -0.25) is 4.79 Å². The molecule has 0 aliphatic heterocycles. The van der Waals surface area contributed by atoms with Gasteiger partial charge in [0.05, 0.1) is 17.1 Å². The molecule has 2 N–H and O–H groups in total.